The zero-order valence-electron chi connectivity index (χ0n) is 13.3. The molecule has 2 aromatic rings. The molecule has 11 heteroatoms. The van der Waals surface area contributed by atoms with Gasteiger partial charge in [-0.1, -0.05) is 0 Å². The second kappa shape index (κ2) is 6.72. The lowest BCUT2D eigenvalue weighted by molar-refractivity contribution is 0.102. The summed E-state index contributed by atoms with van der Waals surface area (Å²) < 4.78 is 62.4. The van der Waals surface area contributed by atoms with E-state index in [0.29, 0.717) is 0 Å². The van der Waals surface area contributed by atoms with Gasteiger partial charge in [0.25, 0.3) is 5.91 Å². The van der Waals surface area contributed by atoms with Gasteiger partial charge in [-0.15, -0.1) is 0 Å². The van der Waals surface area contributed by atoms with Crippen molar-refractivity contribution in [3.05, 3.63) is 48.0 Å². The van der Waals surface area contributed by atoms with E-state index in [1.165, 1.54) is 18.5 Å². The SMILES string of the molecule is O=C(Nc1ncccn1)c1cc(S(=O)(=O)C2CCS(=O)(=O)C2)ccc1F. The van der Waals surface area contributed by atoms with Crippen molar-refractivity contribution in [1.82, 2.24) is 9.97 Å². The molecule has 1 fully saturated rings. The molecule has 1 N–H and O–H groups in total. The molecule has 1 aliphatic rings. The Kier molecular flexibility index (Phi) is 4.76. The van der Waals surface area contributed by atoms with Crippen molar-refractivity contribution >= 4 is 31.5 Å². The first-order chi connectivity index (χ1) is 12.2. The van der Waals surface area contributed by atoms with Gasteiger partial charge in [0, 0.05) is 12.4 Å². The van der Waals surface area contributed by atoms with Crippen LogP contribution in [0.1, 0.15) is 16.8 Å². The molecule has 26 heavy (non-hydrogen) atoms. The highest BCUT2D eigenvalue weighted by Crippen LogP contribution is 2.26. The third kappa shape index (κ3) is 3.73. The van der Waals surface area contributed by atoms with E-state index in [9.17, 15) is 26.0 Å². The molecule has 138 valence electrons. The molecule has 1 atom stereocenters. The van der Waals surface area contributed by atoms with Gasteiger partial charge < -0.3 is 0 Å². The van der Waals surface area contributed by atoms with Crippen molar-refractivity contribution in [2.24, 2.45) is 0 Å². The second-order valence-electron chi connectivity index (χ2n) is 5.74. The van der Waals surface area contributed by atoms with Crippen molar-refractivity contribution in [2.45, 2.75) is 16.6 Å². The van der Waals surface area contributed by atoms with Crippen molar-refractivity contribution < 1.29 is 26.0 Å². The van der Waals surface area contributed by atoms with Gasteiger partial charge in [-0.25, -0.2) is 31.2 Å². The fourth-order valence-electron chi connectivity index (χ4n) is 2.59. The molecular formula is C15H14FN3O5S2. The van der Waals surface area contributed by atoms with Crippen LogP contribution in [0.15, 0.2) is 41.6 Å². The number of hydrogen-bond acceptors (Lipinski definition) is 7. The molecule has 1 aromatic heterocycles. The van der Waals surface area contributed by atoms with Crippen molar-refractivity contribution in [3.63, 3.8) is 0 Å². The van der Waals surface area contributed by atoms with E-state index in [0.717, 1.165) is 18.2 Å². The Hall–Kier alpha value is -2.40. The van der Waals surface area contributed by atoms with E-state index in [2.05, 4.69) is 15.3 Å². The Balaban J connectivity index is 1.91. The molecule has 8 nitrogen and oxygen atoms in total. The first kappa shape index (κ1) is 18.4. The summed E-state index contributed by atoms with van der Waals surface area (Å²) >= 11 is 0. The summed E-state index contributed by atoms with van der Waals surface area (Å²) in [5, 5.41) is 1.16. The number of rotatable bonds is 4. The van der Waals surface area contributed by atoms with Crippen molar-refractivity contribution in [1.29, 1.82) is 0 Å². The number of anilines is 1. The van der Waals surface area contributed by atoms with Gasteiger partial charge in [-0.05, 0) is 30.7 Å². The highest BCUT2D eigenvalue weighted by atomic mass is 32.2. The Morgan fingerprint density at radius 1 is 1.23 bits per heavy atom. The fraction of sp³-hybridized carbons (Fsp3) is 0.267. The number of carbonyl (C=O) groups is 1. The maximum Gasteiger partial charge on any atom is 0.261 e. The van der Waals surface area contributed by atoms with Crippen LogP contribution < -0.4 is 5.32 Å². The minimum atomic E-state index is -4.01. The third-order valence-electron chi connectivity index (χ3n) is 3.93. The maximum absolute atomic E-state index is 14.0. The second-order valence-corrected chi connectivity index (χ2v) is 10.2. The predicted molar refractivity (Wildman–Crippen MR) is 90.6 cm³/mol. The van der Waals surface area contributed by atoms with Crippen molar-refractivity contribution in [2.75, 3.05) is 16.8 Å². The summed E-state index contributed by atoms with van der Waals surface area (Å²) in [6, 6.07) is 4.30. The summed E-state index contributed by atoms with van der Waals surface area (Å²) in [4.78, 5) is 19.5. The summed E-state index contributed by atoms with van der Waals surface area (Å²) in [6.07, 6.45) is 2.72. The largest absolute Gasteiger partial charge is 0.290 e. The van der Waals surface area contributed by atoms with Gasteiger partial charge in [0.05, 0.1) is 27.2 Å². The van der Waals surface area contributed by atoms with Crippen LogP contribution in [0.4, 0.5) is 10.3 Å². The van der Waals surface area contributed by atoms with Crippen LogP contribution in [0.2, 0.25) is 0 Å². The van der Waals surface area contributed by atoms with E-state index in [1.54, 1.807) is 0 Å². The predicted octanol–water partition coefficient (Wildman–Crippen LogP) is 0.829. The monoisotopic (exact) mass is 399 g/mol. The molecule has 3 rings (SSSR count). The van der Waals surface area contributed by atoms with Gasteiger partial charge in [-0.2, -0.15) is 0 Å². The van der Waals surface area contributed by atoms with Crippen LogP contribution in [0.25, 0.3) is 0 Å². The van der Waals surface area contributed by atoms with Crippen molar-refractivity contribution in [3.8, 4) is 0 Å². The quantitative estimate of drug-likeness (QED) is 0.755. The number of nitrogens with one attached hydrogen (secondary N) is 1. The Bertz CT molecular complexity index is 1060. The van der Waals surface area contributed by atoms with Crippen LogP contribution >= 0.6 is 0 Å². The molecule has 2 heterocycles. The lowest BCUT2D eigenvalue weighted by Gasteiger charge is -2.12. The highest BCUT2D eigenvalue weighted by molar-refractivity contribution is 7.96. The number of nitrogens with zero attached hydrogens (tertiary/aromatic N) is 2. The molecule has 1 unspecified atom stereocenters. The van der Waals surface area contributed by atoms with E-state index in [4.69, 9.17) is 0 Å². The van der Waals surface area contributed by atoms with E-state index in [-0.39, 0.29) is 23.0 Å². The molecule has 1 amide bonds. The Morgan fingerprint density at radius 3 is 2.54 bits per heavy atom. The van der Waals surface area contributed by atoms with Crippen LogP contribution in [-0.2, 0) is 19.7 Å². The normalized spacial score (nSPS) is 19.2. The standard InChI is InChI=1S/C15H14FN3O5S2/c16-13-3-2-10(26(23,24)11-4-7-25(21,22)9-11)8-12(13)14(20)19-15-17-5-1-6-18-15/h1-3,5-6,8,11H,4,7,9H2,(H,17,18,19,20). The lowest BCUT2D eigenvalue weighted by atomic mass is 10.2. The third-order valence-corrected chi connectivity index (χ3v) is 8.10. The number of aromatic nitrogens is 2. The van der Waals surface area contributed by atoms with Crippen LogP contribution in [0.3, 0.4) is 0 Å². The van der Waals surface area contributed by atoms with E-state index >= 15 is 0 Å². The van der Waals surface area contributed by atoms with Crippen LogP contribution in [-0.4, -0.2) is 49.5 Å². The number of amides is 1. The number of benzene rings is 1. The number of carbonyl (C=O) groups excluding carboxylic acids is 1. The average molecular weight is 399 g/mol. The van der Waals surface area contributed by atoms with Crippen LogP contribution in [0.5, 0.6) is 0 Å². The zero-order chi connectivity index (χ0) is 18.9. The molecule has 0 spiro atoms. The molecule has 0 aliphatic carbocycles. The Morgan fingerprint density at radius 2 is 1.92 bits per heavy atom. The number of halogens is 1. The molecule has 0 saturated carbocycles. The van der Waals surface area contributed by atoms with Gasteiger partial charge in [0.15, 0.2) is 19.7 Å². The topological polar surface area (TPSA) is 123 Å². The first-order valence-electron chi connectivity index (χ1n) is 7.51. The lowest BCUT2D eigenvalue weighted by Crippen LogP contribution is -2.23. The maximum atomic E-state index is 14.0. The smallest absolute Gasteiger partial charge is 0.261 e. The zero-order valence-corrected chi connectivity index (χ0v) is 14.9. The average Bonchev–Trinajstić information content (AvgIpc) is 2.96. The molecule has 1 saturated heterocycles. The van der Waals surface area contributed by atoms with Gasteiger partial charge in [0.2, 0.25) is 5.95 Å². The molecule has 0 radical (unpaired) electrons. The minimum absolute atomic E-state index is 0.0264. The van der Waals surface area contributed by atoms with Gasteiger partial charge in [0.1, 0.15) is 5.82 Å². The van der Waals surface area contributed by atoms with E-state index in [1.807, 2.05) is 0 Å². The number of sulfone groups is 2. The molecule has 1 aromatic carbocycles. The summed E-state index contributed by atoms with van der Waals surface area (Å²) in [6.45, 7) is 0. The van der Waals surface area contributed by atoms with Gasteiger partial charge in [-0.3, -0.25) is 10.1 Å². The first-order valence-corrected chi connectivity index (χ1v) is 10.9. The van der Waals surface area contributed by atoms with E-state index < -0.39 is 48.0 Å². The molecule has 0 bridgehead atoms. The number of hydrogen-bond donors (Lipinski definition) is 1. The molecule has 1 aliphatic heterocycles. The van der Waals surface area contributed by atoms with Crippen LogP contribution in [0, 0.1) is 5.82 Å². The highest BCUT2D eigenvalue weighted by Gasteiger charge is 2.38. The minimum Gasteiger partial charge on any atom is -0.290 e. The fourth-order valence-corrected chi connectivity index (χ4v) is 6.97. The van der Waals surface area contributed by atoms with Gasteiger partial charge >= 0.3 is 0 Å². The summed E-state index contributed by atoms with van der Waals surface area (Å²) in [7, 11) is -7.42. The Labute approximate surface area is 149 Å². The summed E-state index contributed by atoms with van der Waals surface area (Å²) in [5.74, 6) is -2.59. The summed E-state index contributed by atoms with van der Waals surface area (Å²) in [5.41, 5.74) is -0.501. The molecular weight excluding hydrogens is 385 g/mol.